The number of aliphatic hydroxyl groups excluding tert-OH is 1. The smallest absolute Gasteiger partial charge is 0.0620 e. The summed E-state index contributed by atoms with van der Waals surface area (Å²) in [5, 5.41) is 13.0. The van der Waals surface area contributed by atoms with Gasteiger partial charge in [0.25, 0.3) is 0 Å². The third-order valence-corrected chi connectivity index (χ3v) is 1.65. The Balaban J connectivity index is 2.44. The molecule has 70 valence electrons. The van der Waals surface area contributed by atoms with Crippen LogP contribution in [0.5, 0.6) is 0 Å². The fraction of sp³-hybridized carbons (Fsp3) is 0.222. The summed E-state index contributed by atoms with van der Waals surface area (Å²) in [4.78, 5) is 0. The second kappa shape index (κ2) is 5.56. The maximum Gasteiger partial charge on any atom is 0.0620 e. The van der Waals surface area contributed by atoms with Gasteiger partial charge in [-0.25, -0.2) is 0 Å². The Morgan fingerprint density at radius 1 is 1.38 bits per heavy atom. The highest BCUT2D eigenvalue weighted by molar-refractivity contribution is 6.30. The monoisotopic (exact) mass is 198 g/mol. The van der Waals surface area contributed by atoms with Crippen LogP contribution >= 0.6 is 11.6 Å². The van der Waals surface area contributed by atoms with Crippen LogP contribution in [0.1, 0.15) is 5.56 Å². The molecule has 0 fully saturated rings. The van der Waals surface area contributed by atoms with E-state index in [1.807, 2.05) is 12.1 Å². The van der Waals surface area contributed by atoms with E-state index in [-0.39, 0.29) is 6.61 Å². The van der Waals surface area contributed by atoms with Gasteiger partial charge in [-0.05, 0) is 17.7 Å². The Kier molecular flexibility index (Phi) is 4.29. The molecule has 0 aromatic heterocycles. The Morgan fingerprint density at radius 2 is 2.08 bits per heavy atom. The number of hydrogen-bond donors (Lipinski definition) is 2. The van der Waals surface area contributed by atoms with E-state index in [1.165, 1.54) is 0 Å². The van der Waals surface area contributed by atoms with Gasteiger partial charge >= 0.3 is 0 Å². The molecule has 0 amide bonds. The minimum absolute atomic E-state index is 0.0813. The molecule has 1 aromatic carbocycles. The molecule has 0 aliphatic rings. The van der Waals surface area contributed by atoms with Gasteiger partial charge in [-0.2, -0.15) is 5.10 Å². The van der Waals surface area contributed by atoms with Gasteiger partial charge in [-0.15, -0.1) is 0 Å². The number of hydrazone groups is 1. The highest BCUT2D eigenvalue weighted by Gasteiger charge is 1.87. The summed E-state index contributed by atoms with van der Waals surface area (Å²) in [6.07, 6.45) is 1.67. The predicted octanol–water partition coefficient (Wildman–Crippen LogP) is 1.26. The van der Waals surface area contributed by atoms with Crippen molar-refractivity contribution < 1.29 is 5.11 Å². The highest BCUT2D eigenvalue weighted by atomic mass is 35.5. The molecule has 0 aliphatic carbocycles. The van der Waals surface area contributed by atoms with E-state index in [2.05, 4.69) is 10.5 Å². The normalized spacial score (nSPS) is 10.6. The van der Waals surface area contributed by atoms with Crippen LogP contribution in [-0.4, -0.2) is 24.5 Å². The molecular formula is C9H11ClN2O. The van der Waals surface area contributed by atoms with E-state index in [0.717, 1.165) is 5.56 Å². The van der Waals surface area contributed by atoms with Crippen LogP contribution in [0, 0.1) is 0 Å². The Hall–Kier alpha value is -1.06. The fourth-order valence-corrected chi connectivity index (χ4v) is 0.910. The Labute approximate surface area is 82.0 Å². The minimum Gasteiger partial charge on any atom is -0.394 e. The molecule has 0 atom stereocenters. The van der Waals surface area contributed by atoms with E-state index >= 15 is 0 Å². The van der Waals surface area contributed by atoms with Crippen molar-refractivity contribution >= 4 is 17.8 Å². The van der Waals surface area contributed by atoms with Gasteiger partial charge < -0.3 is 10.5 Å². The van der Waals surface area contributed by atoms with Crippen LogP contribution in [0.3, 0.4) is 0 Å². The number of benzene rings is 1. The van der Waals surface area contributed by atoms with Crippen molar-refractivity contribution in [2.75, 3.05) is 13.2 Å². The molecule has 0 aliphatic heterocycles. The summed E-state index contributed by atoms with van der Waals surface area (Å²) in [5.41, 5.74) is 3.65. The lowest BCUT2D eigenvalue weighted by atomic mass is 10.2. The quantitative estimate of drug-likeness (QED) is 0.435. The summed E-state index contributed by atoms with van der Waals surface area (Å²) in [7, 11) is 0. The second-order valence-corrected chi connectivity index (χ2v) is 2.88. The summed E-state index contributed by atoms with van der Waals surface area (Å²) in [6, 6.07) is 7.34. The molecule has 0 bridgehead atoms. The van der Waals surface area contributed by atoms with Crippen LogP contribution in [0.25, 0.3) is 0 Å². The van der Waals surface area contributed by atoms with Crippen molar-refractivity contribution in [3.05, 3.63) is 34.9 Å². The van der Waals surface area contributed by atoms with Crippen molar-refractivity contribution in [3.63, 3.8) is 0 Å². The predicted molar refractivity (Wildman–Crippen MR) is 54.1 cm³/mol. The molecule has 0 heterocycles. The number of nitrogens with zero attached hydrogens (tertiary/aromatic N) is 1. The molecule has 1 aromatic rings. The van der Waals surface area contributed by atoms with E-state index < -0.39 is 0 Å². The van der Waals surface area contributed by atoms with E-state index in [0.29, 0.717) is 11.6 Å². The third kappa shape index (κ3) is 3.92. The summed E-state index contributed by atoms with van der Waals surface area (Å²) < 4.78 is 0. The Morgan fingerprint density at radius 3 is 2.69 bits per heavy atom. The maximum absolute atomic E-state index is 8.45. The molecule has 0 saturated carbocycles. The van der Waals surface area contributed by atoms with Crippen LogP contribution in [0.15, 0.2) is 29.4 Å². The first kappa shape index (κ1) is 10.0. The van der Waals surface area contributed by atoms with E-state index in [4.69, 9.17) is 16.7 Å². The first-order chi connectivity index (χ1) is 6.33. The van der Waals surface area contributed by atoms with Crippen LogP contribution in [-0.2, 0) is 0 Å². The lowest BCUT2D eigenvalue weighted by molar-refractivity contribution is 0.294. The van der Waals surface area contributed by atoms with Crippen LogP contribution in [0.2, 0.25) is 5.02 Å². The molecular weight excluding hydrogens is 188 g/mol. The summed E-state index contributed by atoms with van der Waals surface area (Å²) in [6.45, 7) is 0.544. The van der Waals surface area contributed by atoms with Crippen molar-refractivity contribution in [1.29, 1.82) is 0 Å². The number of halogens is 1. The zero-order chi connectivity index (χ0) is 9.52. The standard InChI is InChI=1S/C9H11ClN2O/c10-9-3-1-8(2-4-9)7-12-11-5-6-13/h1-4,7,11,13H,5-6H2. The first-order valence-electron chi connectivity index (χ1n) is 3.95. The van der Waals surface area contributed by atoms with Crippen molar-refractivity contribution in [1.82, 2.24) is 5.43 Å². The lowest BCUT2D eigenvalue weighted by Crippen LogP contribution is -2.11. The molecule has 4 heteroatoms. The van der Waals surface area contributed by atoms with Crippen molar-refractivity contribution in [3.8, 4) is 0 Å². The van der Waals surface area contributed by atoms with Gasteiger partial charge in [0.1, 0.15) is 0 Å². The number of nitrogens with one attached hydrogen (secondary N) is 1. The first-order valence-corrected chi connectivity index (χ1v) is 4.33. The van der Waals surface area contributed by atoms with Gasteiger partial charge in [0.05, 0.1) is 19.4 Å². The van der Waals surface area contributed by atoms with E-state index in [1.54, 1.807) is 18.3 Å². The SMILES string of the molecule is OCCNN=Cc1ccc(Cl)cc1. The van der Waals surface area contributed by atoms with Crippen LogP contribution in [0.4, 0.5) is 0 Å². The zero-order valence-corrected chi connectivity index (χ0v) is 7.83. The molecule has 3 nitrogen and oxygen atoms in total. The number of aliphatic hydroxyl groups is 1. The van der Waals surface area contributed by atoms with Gasteiger partial charge in [0.2, 0.25) is 0 Å². The molecule has 13 heavy (non-hydrogen) atoms. The van der Waals surface area contributed by atoms with Gasteiger partial charge in [0, 0.05) is 5.02 Å². The highest BCUT2D eigenvalue weighted by Crippen LogP contribution is 2.07. The average Bonchev–Trinajstić information content (AvgIpc) is 2.15. The Bertz CT molecular complexity index is 271. The van der Waals surface area contributed by atoms with Gasteiger partial charge in [0.15, 0.2) is 0 Å². The molecule has 2 N–H and O–H groups in total. The molecule has 0 spiro atoms. The number of hydrogen-bond acceptors (Lipinski definition) is 3. The van der Waals surface area contributed by atoms with Crippen molar-refractivity contribution in [2.45, 2.75) is 0 Å². The summed E-state index contributed by atoms with van der Waals surface area (Å²) in [5.74, 6) is 0. The van der Waals surface area contributed by atoms with Gasteiger partial charge in [-0.3, -0.25) is 0 Å². The summed E-state index contributed by atoms with van der Waals surface area (Å²) >= 11 is 5.70. The average molecular weight is 199 g/mol. The largest absolute Gasteiger partial charge is 0.394 e. The maximum atomic E-state index is 8.45. The minimum atomic E-state index is 0.0813. The van der Waals surface area contributed by atoms with Crippen LogP contribution < -0.4 is 5.43 Å². The second-order valence-electron chi connectivity index (χ2n) is 2.44. The molecule has 0 saturated heterocycles. The lowest BCUT2D eigenvalue weighted by Gasteiger charge is -1.95. The molecule has 1 rings (SSSR count). The molecule has 0 radical (unpaired) electrons. The zero-order valence-electron chi connectivity index (χ0n) is 7.07. The van der Waals surface area contributed by atoms with Crippen molar-refractivity contribution in [2.24, 2.45) is 5.10 Å². The molecule has 0 unspecified atom stereocenters. The third-order valence-electron chi connectivity index (χ3n) is 1.40. The topological polar surface area (TPSA) is 44.6 Å². The number of rotatable bonds is 4. The fourth-order valence-electron chi connectivity index (χ4n) is 0.784. The van der Waals surface area contributed by atoms with E-state index in [9.17, 15) is 0 Å². The van der Waals surface area contributed by atoms with Gasteiger partial charge in [-0.1, -0.05) is 23.7 Å².